The highest BCUT2D eigenvalue weighted by atomic mass is 16.5. The smallest absolute Gasteiger partial charge is 0.221 e. The molecule has 1 amide bonds. The zero-order valence-corrected chi connectivity index (χ0v) is 14.0. The highest BCUT2D eigenvalue weighted by Crippen LogP contribution is 2.22. The third-order valence-electron chi connectivity index (χ3n) is 4.32. The fourth-order valence-electron chi connectivity index (χ4n) is 3.06. The third kappa shape index (κ3) is 4.21. The standard InChI is InChI=1S/C18H24N4O2/c1-19-18(23)11-17-13-21(12-16-7-8-20-22(16)17)9-10-24-14-15-5-3-2-4-6-15/h2-8,17H,9-14H2,1H3,(H,19,23). The summed E-state index contributed by atoms with van der Waals surface area (Å²) in [6, 6.07) is 12.3. The molecule has 1 N–H and O–H groups in total. The van der Waals surface area contributed by atoms with Crippen LogP contribution in [-0.2, 0) is 22.7 Å². The van der Waals surface area contributed by atoms with Crippen LogP contribution in [0.1, 0.15) is 23.7 Å². The normalized spacial score (nSPS) is 17.5. The summed E-state index contributed by atoms with van der Waals surface area (Å²) < 4.78 is 7.77. The third-order valence-corrected chi connectivity index (χ3v) is 4.32. The van der Waals surface area contributed by atoms with Gasteiger partial charge in [-0.25, -0.2) is 0 Å². The Labute approximate surface area is 142 Å². The molecule has 6 nitrogen and oxygen atoms in total. The Morgan fingerprint density at radius 1 is 1.33 bits per heavy atom. The minimum atomic E-state index is 0.0450. The van der Waals surface area contributed by atoms with Gasteiger partial charge in [0.05, 0.1) is 31.4 Å². The Kier molecular flexibility index (Phi) is 5.61. The second-order valence-corrected chi connectivity index (χ2v) is 6.07. The second kappa shape index (κ2) is 8.08. The number of amides is 1. The minimum absolute atomic E-state index is 0.0450. The van der Waals surface area contributed by atoms with Gasteiger partial charge < -0.3 is 10.1 Å². The summed E-state index contributed by atoms with van der Waals surface area (Å²) in [5.74, 6) is 0.0450. The number of aromatic nitrogens is 2. The highest BCUT2D eigenvalue weighted by Gasteiger charge is 2.26. The Bertz CT molecular complexity index is 656. The van der Waals surface area contributed by atoms with E-state index in [1.54, 1.807) is 7.05 Å². The summed E-state index contributed by atoms with van der Waals surface area (Å²) in [6.07, 6.45) is 2.26. The van der Waals surface area contributed by atoms with Gasteiger partial charge in [-0.05, 0) is 11.6 Å². The van der Waals surface area contributed by atoms with Crippen LogP contribution >= 0.6 is 0 Å². The van der Waals surface area contributed by atoms with Gasteiger partial charge in [0, 0.05) is 32.9 Å². The lowest BCUT2D eigenvalue weighted by molar-refractivity contribution is -0.121. The summed E-state index contributed by atoms with van der Waals surface area (Å²) in [5, 5.41) is 7.07. The number of ether oxygens (including phenoxy) is 1. The lowest BCUT2D eigenvalue weighted by Crippen LogP contribution is -2.41. The monoisotopic (exact) mass is 328 g/mol. The number of carbonyl (C=O) groups is 1. The Balaban J connectivity index is 1.50. The van der Waals surface area contributed by atoms with Crippen LogP contribution in [0.15, 0.2) is 42.6 Å². The number of nitrogens with one attached hydrogen (secondary N) is 1. The van der Waals surface area contributed by atoms with Gasteiger partial charge in [0.1, 0.15) is 0 Å². The summed E-state index contributed by atoms with van der Waals surface area (Å²) in [6.45, 7) is 3.82. The molecule has 128 valence electrons. The molecule has 0 radical (unpaired) electrons. The molecule has 1 aromatic carbocycles. The summed E-state index contributed by atoms with van der Waals surface area (Å²) >= 11 is 0. The minimum Gasteiger partial charge on any atom is -0.375 e. The van der Waals surface area contributed by atoms with Crippen molar-refractivity contribution in [2.45, 2.75) is 25.6 Å². The van der Waals surface area contributed by atoms with Gasteiger partial charge in [-0.2, -0.15) is 5.10 Å². The van der Waals surface area contributed by atoms with E-state index in [1.165, 1.54) is 5.56 Å². The molecular formula is C18H24N4O2. The maximum Gasteiger partial charge on any atom is 0.221 e. The molecule has 0 fully saturated rings. The quantitative estimate of drug-likeness (QED) is 0.784. The van der Waals surface area contributed by atoms with E-state index in [1.807, 2.05) is 35.1 Å². The Hall–Kier alpha value is -2.18. The molecule has 0 spiro atoms. The van der Waals surface area contributed by atoms with Crippen molar-refractivity contribution in [2.75, 3.05) is 26.7 Å². The van der Waals surface area contributed by atoms with Crippen LogP contribution in [0.5, 0.6) is 0 Å². The molecule has 2 aromatic rings. The topological polar surface area (TPSA) is 59.4 Å². The van der Waals surface area contributed by atoms with Crippen molar-refractivity contribution in [3.63, 3.8) is 0 Å². The molecule has 1 aliphatic rings. The highest BCUT2D eigenvalue weighted by molar-refractivity contribution is 5.76. The van der Waals surface area contributed by atoms with Crippen molar-refractivity contribution in [1.82, 2.24) is 20.0 Å². The summed E-state index contributed by atoms with van der Waals surface area (Å²) in [5.41, 5.74) is 2.34. The molecule has 1 aromatic heterocycles. The van der Waals surface area contributed by atoms with Gasteiger partial charge in [0.25, 0.3) is 0 Å². The van der Waals surface area contributed by atoms with E-state index in [0.717, 1.165) is 25.3 Å². The largest absolute Gasteiger partial charge is 0.375 e. The Morgan fingerprint density at radius 3 is 2.96 bits per heavy atom. The SMILES string of the molecule is CNC(=O)CC1CN(CCOCc2ccccc2)Cc2ccnn21. The van der Waals surface area contributed by atoms with Crippen LogP contribution in [-0.4, -0.2) is 47.3 Å². The average Bonchev–Trinajstić information content (AvgIpc) is 3.08. The number of carbonyl (C=O) groups excluding carboxylic acids is 1. The average molecular weight is 328 g/mol. The fourth-order valence-corrected chi connectivity index (χ4v) is 3.06. The number of rotatable bonds is 7. The first-order chi connectivity index (χ1) is 11.8. The number of fused-ring (bicyclic) bond motifs is 1. The van der Waals surface area contributed by atoms with Gasteiger partial charge in [-0.3, -0.25) is 14.4 Å². The molecule has 1 aliphatic heterocycles. The van der Waals surface area contributed by atoms with E-state index in [0.29, 0.717) is 19.6 Å². The fraction of sp³-hybridized carbons (Fsp3) is 0.444. The van der Waals surface area contributed by atoms with Crippen LogP contribution < -0.4 is 5.32 Å². The second-order valence-electron chi connectivity index (χ2n) is 6.07. The number of hydrogen-bond donors (Lipinski definition) is 1. The lowest BCUT2D eigenvalue weighted by Gasteiger charge is -2.33. The van der Waals surface area contributed by atoms with Crippen molar-refractivity contribution in [3.8, 4) is 0 Å². The van der Waals surface area contributed by atoms with Crippen LogP contribution in [0, 0.1) is 0 Å². The maximum absolute atomic E-state index is 11.7. The van der Waals surface area contributed by atoms with Crippen LogP contribution in [0.4, 0.5) is 0 Å². The molecule has 0 bridgehead atoms. The van der Waals surface area contributed by atoms with E-state index in [9.17, 15) is 4.79 Å². The van der Waals surface area contributed by atoms with E-state index in [4.69, 9.17) is 4.74 Å². The predicted molar refractivity (Wildman–Crippen MR) is 91.3 cm³/mol. The van der Waals surface area contributed by atoms with Crippen molar-refractivity contribution in [1.29, 1.82) is 0 Å². The molecule has 0 saturated heterocycles. The molecule has 1 atom stereocenters. The van der Waals surface area contributed by atoms with Crippen LogP contribution in [0.3, 0.4) is 0 Å². The van der Waals surface area contributed by atoms with Crippen LogP contribution in [0.2, 0.25) is 0 Å². The van der Waals surface area contributed by atoms with E-state index >= 15 is 0 Å². The van der Waals surface area contributed by atoms with E-state index < -0.39 is 0 Å². The predicted octanol–water partition coefficient (Wildman–Crippen LogP) is 1.59. The van der Waals surface area contributed by atoms with Gasteiger partial charge in [0.2, 0.25) is 5.91 Å². The van der Waals surface area contributed by atoms with Gasteiger partial charge >= 0.3 is 0 Å². The number of nitrogens with zero attached hydrogens (tertiary/aromatic N) is 3. The van der Waals surface area contributed by atoms with Crippen molar-refractivity contribution in [2.24, 2.45) is 0 Å². The molecule has 0 saturated carbocycles. The first kappa shape index (κ1) is 16.7. The molecule has 0 aliphatic carbocycles. The summed E-state index contributed by atoms with van der Waals surface area (Å²) in [7, 11) is 1.67. The Morgan fingerprint density at radius 2 is 2.17 bits per heavy atom. The molecule has 6 heteroatoms. The van der Waals surface area contributed by atoms with E-state index in [2.05, 4.69) is 27.4 Å². The van der Waals surface area contributed by atoms with Crippen LogP contribution in [0.25, 0.3) is 0 Å². The zero-order valence-electron chi connectivity index (χ0n) is 14.0. The molecule has 2 heterocycles. The molecular weight excluding hydrogens is 304 g/mol. The van der Waals surface area contributed by atoms with Gasteiger partial charge in [-0.1, -0.05) is 30.3 Å². The van der Waals surface area contributed by atoms with Crippen molar-refractivity contribution >= 4 is 5.91 Å². The first-order valence-corrected chi connectivity index (χ1v) is 8.33. The van der Waals surface area contributed by atoms with Crippen molar-refractivity contribution in [3.05, 3.63) is 53.9 Å². The number of hydrogen-bond acceptors (Lipinski definition) is 4. The van der Waals surface area contributed by atoms with Gasteiger partial charge in [-0.15, -0.1) is 0 Å². The van der Waals surface area contributed by atoms with Crippen molar-refractivity contribution < 1.29 is 9.53 Å². The summed E-state index contributed by atoms with van der Waals surface area (Å²) in [4.78, 5) is 14.1. The molecule has 3 rings (SSSR count). The number of benzene rings is 1. The maximum atomic E-state index is 11.7. The molecule has 24 heavy (non-hydrogen) atoms. The van der Waals surface area contributed by atoms with E-state index in [-0.39, 0.29) is 11.9 Å². The molecule has 1 unspecified atom stereocenters. The first-order valence-electron chi connectivity index (χ1n) is 8.33. The lowest BCUT2D eigenvalue weighted by atomic mass is 10.1. The zero-order chi connectivity index (χ0) is 16.8. The van der Waals surface area contributed by atoms with Gasteiger partial charge in [0.15, 0.2) is 0 Å².